The molecule has 1 aliphatic carbocycles. The lowest BCUT2D eigenvalue weighted by Crippen LogP contribution is -2.62. The average molecular weight is 208 g/mol. The summed E-state index contributed by atoms with van der Waals surface area (Å²) in [6.07, 6.45) is 4.08. The van der Waals surface area contributed by atoms with Gasteiger partial charge in [0.25, 0.3) is 0 Å². The van der Waals surface area contributed by atoms with Crippen LogP contribution in [-0.2, 0) is 4.74 Å². The minimum atomic E-state index is 0. The van der Waals surface area contributed by atoms with E-state index < -0.39 is 0 Å². The third kappa shape index (κ3) is 1.85. The first-order valence-electron chi connectivity index (χ1n) is 4.95. The quantitative estimate of drug-likeness (QED) is 0.764. The van der Waals surface area contributed by atoms with Crippen molar-refractivity contribution in [3.05, 3.63) is 0 Å². The fourth-order valence-corrected chi connectivity index (χ4v) is 2.68. The molecule has 0 aromatic rings. The summed E-state index contributed by atoms with van der Waals surface area (Å²) in [4.78, 5) is 0. The van der Waals surface area contributed by atoms with Gasteiger partial charge in [-0.15, -0.1) is 12.4 Å². The standard InChI is InChI=1S/C10H21NO.ClH/c1-5-10(6-2)8(11-3)7-9(10)12-4;/h8-9,11H,5-7H2,1-4H3;1H. The number of methoxy groups -OCH3 is 1. The molecule has 1 aliphatic rings. The van der Waals surface area contributed by atoms with Gasteiger partial charge in [0.2, 0.25) is 0 Å². The fourth-order valence-electron chi connectivity index (χ4n) is 2.68. The Balaban J connectivity index is 0.00000144. The summed E-state index contributed by atoms with van der Waals surface area (Å²) in [6, 6.07) is 0.664. The highest BCUT2D eigenvalue weighted by Crippen LogP contribution is 2.48. The van der Waals surface area contributed by atoms with E-state index in [0.29, 0.717) is 17.6 Å². The molecule has 80 valence electrons. The van der Waals surface area contributed by atoms with Gasteiger partial charge in [-0.2, -0.15) is 0 Å². The number of nitrogens with one attached hydrogen (secondary N) is 1. The molecule has 2 nitrogen and oxygen atoms in total. The second-order valence-corrected chi connectivity index (χ2v) is 3.74. The Morgan fingerprint density at radius 3 is 2.23 bits per heavy atom. The van der Waals surface area contributed by atoms with Crippen LogP contribution in [0.25, 0.3) is 0 Å². The van der Waals surface area contributed by atoms with Gasteiger partial charge in [0.05, 0.1) is 6.10 Å². The number of halogens is 1. The van der Waals surface area contributed by atoms with Crippen molar-refractivity contribution in [2.24, 2.45) is 5.41 Å². The monoisotopic (exact) mass is 207 g/mol. The van der Waals surface area contributed by atoms with Crippen molar-refractivity contribution in [1.29, 1.82) is 0 Å². The minimum absolute atomic E-state index is 0. The van der Waals surface area contributed by atoms with Gasteiger partial charge in [0, 0.05) is 18.6 Å². The topological polar surface area (TPSA) is 21.3 Å². The molecule has 0 spiro atoms. The van der Waals surface area contributed by atoms with Crippen molar-refractivity contribution in [3.63, 3.8) is 0 Å². The van der Waals surface area contributed by atoms with Gasteiger partial charge < -0.3 is 10.1 Å². The summed E-state index contributed by atoms with van der Waals surface area (Å²) in [5, 5.41) is 3.38. The van der Waals surface area contributed by atoms with E-state index in [1.54, 1.807) is 0 Å². The summed E-state index contributed by atoms with van der Waals surface area (Å²) in [5.41, 5.74) is 0.406. The van der Waals surface area contributed by atoms with Gasteiger partial charge in [0.1, 0.15) is 0 Å². The molecule has 0 amide bonds. The van der Waals surface area contributed by atoms with Crippen LogP contribution in [0.5, 0.6) is 0 Å². The smallest absolute Gasteiger partial charge is 0.0657 e. The highest BCUT2D eigenvalue weighted by Gasteiger charge is 2.52. The molecule has 0 radical (unpaired) electrons. The van der Waals surface area contributed by atoms with Crippen molar-refractivity contribution in [3.8, 4) is 0 Å². The molecule has 2 unspecified atom stereocenters. The summed E-state index contributed by atoms with van der Waals surface area (Å²) < 4.78 is 5.48. The van der Waals surface area contributed by atoms with Crippen molar-refractivity contribution in [1.82, 2.24) is 5.32 Å². The second kappa shape index (κ2) is 5.18. The molecule has 1 saturated carbocycles. The molecule has 0 bridgehead atoms. The third-order valence-electron chi connectivity index (χ3n) is 3.73. The predicted molar refractivity (Wildman–Crippen MR) is 58.5 cm³/mol. The molecule has 1 fully saturated rings. The van der Waals surface area contributed by atoms with E-state index >= 15 is 0 Å². The van der Waals surface area contributed by atoms with E-state index in [-0.39, 0.29) is 12.4 Å². The Hall–Kier alpha value is 0.210. The Labute approximate surface area is 87.8 Å². The summed E-state index contributed by atoms with van der Waals surface area (Å²) in [7, 11) is 3.88. The lowest BCUT2D eigenvalue weighted by atomic mass is 9.59. The zero-order valence-corrected chi connectivity index (χ0v) is 9.91. The van der Waals surface area contributed by atoms with E-state index in [0.717, 1.165) is 0 Å². The maximum atomic E-state index is 5.48. The highest BCUT2D eigenvalue weighted by molar-refractivity contribution is 5.85. The molecule has 3 heteroatoms. The average Bonchev–Trinajstić information content (AvgIpc) is 2.07. The van der Waals surface area contributed by atoms with Crippen molar-refractivity contribution in [2.75, 3.05) is 14.2 Å². The Bertz CT molecular complexity index is 136. The van der Waals surface area contributed by atoms with E-state index in [9.17, 15) is 0 Å². The normalized spacial score (nSPS) is 30.5. The van der Waals surface area contributed by atoms with Crippen LogP contribution in [0, 0.1) is 5.41 Å². The molecular formula is C10H22ClNO. The zero-order chi connectivity index (χ0) is 9.19. The van der Waals surface area contributed by atoms with Gasteiger partial charge in [0.15, 0.2) is 0 Å². The largest absolute Gasteiger partial charge is 0.381 e. The third-order valence-corrected chi connectivity index (χ3v) is 3.73. The Morgan fingerprint density at radius 2 is 1.92 bits per heavy atom. The maximum Gasteiger partial charge on any atom is 0.0657 e. The van der Waals surface area contributed by atoms with Gasteiger partial charge in [-0.05, 0) is 26.3 Å². The van der Waals surface area contributed by atoms with Gasteiger partial charge in [-0.3, -0.25) is 0 Å². The fraction of sp³-hybridized carbons (Fsp3) is 1.00. The first-order chi connectivity index (χ1) is 5.75. The zero-order valence-electron chi connectivity index (χ0n) is 9.09. The molecule has 0 aromatic carbocycles. The molecule has 13 heavy (non-hydrogen) atoms. The van der Waals surface area contributed by atoms with E-state index in [4.69, 9.17) is 4.74 Å². The van der Waals surface area contributed by atoms with Gasteiger partial charge >= 0.3 is 0 Å². The Morgan fingerprint density at radius 1 is 1.38 bits per heavy atom. The summed E-state index contributed by atoms with van der Waals surface area (Å²) in [6.45, 7) is 4.53. The Kier molecular flexibility index (Phi) is 5.26. The summed E-state index contributed by atoms with van der Waals surface area (Å²) in [5.74, 6) is 0. The van der Waals surface area contributed by atoms with Crippen LogP contribution in [0.3, 0.4) is 0 Å². The second-order valence-electron chi connectivity index (χ2n) is 3.74. The van der Waals surface area contributed by atoms with Crippen LogP contribution >= 0.6 is 12.4 Å². The predicted octanol–water partition coefficient (Wildman–Crippen LogP) is 2.22. The lowest BCUT2D eigenvalue weighted by Gasteiger charge is -2.55. The van der Waals surface area contributed by atoms with E-state index in [2.05, 4.69) is 26.2 Å². The van der Waals surface area contributed by atoms with Crippen LogP contribution in [-0.4, -0.2) is 26.3 Å². The molecule has 0 heterocycles. The van der Waals surface area contributed by atoms with Crippen LogP contribution in [0.1, 0.15) is 33.1 Å². The number of ether oxygens (including phenoxy) is 1. The van der Waals surface area contributed by atoms with Crippen LogP contribution < -0.4 is 5.32 Å². The van der Waals surface area contributed by atoms with Crippen LogP contribution in [0.4, 0.5) is 0 Å². The van der Waals surface area contributed by atoms with Crippen molar-refractivity contribution >= 4 is 12.4 Å². The van der Waals surface area contributed by atoms with E-state index in [1.165, 1.54) is 19.3 Å². The number of hydrogen-bond acceptors (Lipinski definition) is 2. The molecule has 1 N–H and O–H groups in total. The molecule has 1 rings (SSSR count). The summed E-state index contributed by atoms with van der Waals surface area (Å²) >= 11 is 0. The number of rotatable bonds is 4. The highest BCUT2D eigenvalue weighted by atomic mass is 35.5. The SMILES string of the molecule is CCC1(CC)C(NC)CC1OC.Cl. The molecule has 2 atom stereocenters. The molecule has 0 aromatic heterocycles. The van der Waals surface area contributed by atoms with Crippen molar-refractivity contribution < 1.29 is 4.74 Å². The van der Waals surface area contributed by atoms with Gasteiger partial charge in [-0.25, -0.2) is 0 Å². The molecular weight excluding hydrogens is 186 g/mol. The maximum absolute atomic E-state index is 5.48. The van der Waals surface area contributed by atoms with Crippen LogP contribution in [0.15, 0.2) is 0 Å². The number of hydrogen-bond donors (Lipinski definition) is 1. The first-order valence-corrected chi connectivity index (χ1v) is 4.95. The first kappa shape index (κ1) is 13.2. The van der Waals surface area contributed by atoms with E-state index in [1.807, 2.05) is 7.11 Å². The molecule has 0 saturated heterocycles. The van der Waals surface area contributed by atoms with Crippen molar-refractivity contribution in [2.45, 2.75) is 45.3 Å². The molecule has 0 aliphatic heterocycles. The minimum Gasteiger partial charge on any atom is -0.381 e. The van der Waals surface area contributed by atoms with Crippen LogP contribution in [0.2, 0.25) is 0 Å². The van der Waals surface area contributed by atoms with Gasteiger partial charge in [-0.1, -0.05) is 13.8 Å². The lowest BCUT2D eigenvalue weighted by molar-refractivity contribution is -0.121.